The SMILES string of the molecule is CCOc1ccccc1[C@@H]1NC(=O)NC(C)=C1C(=O)Nc1ccc(Br)cc1. The Morgan fingerprint density at radius 1 is 1.19 bits per heavy atom. The zero-order chi connectivity index (χ0) is 19.4. The number of para-hydroxylation sites is 1. The maximum absolute atomic E-state index is 13.0. The molecule has 0 radical (unpaired) electrons. The van der Waals surface area contributed by atoms with Crippen LogP contribution in [0.2, 0.25) is 0 Å². The van der Waals surface area contributed by atoms with Crippen molar-refractivity contribution in [2.75, 3.05) is 11.9 Å². The van der Waals surface area contributed by atoms with Crippen LogP contribution >= 0.6 is 15.9 Å². The minimum atomic E-state index is -0.614. The van der Waals surface area contributed by atoms with Crippen molar-refractivity contribution in [3.8, 4) is 5.75 Å². The van der Waals surface area contributed by atoms with E-state index in [1.165, 1.54) is 0 Å². The van der Waals surface area contributed by atoms with Crippen LogP contribution in [-0.2, 0) is 4.79 Å². The lowest BCUT2D eigenvalue weighted by Crippen LogP contribution is -2.46. The highest BCUT2D eigenvalue weighted by Gasteiger charge is 2.32. The normalized spacial score (nSPS) is 16.4. The second-order valence-corrected chi connectivity index (χ2v) is 6.92. The minimum absolute atomic E-state index is 0.293. The highest BCUT2D eigenvalue weighted by Crippen LogP contribution is 2.33. The highest BCUT2D eigenvalue weighted by molar-refractivity contribution is 9.10. The zero-order valence-corrected chi connectivity index (χ0v) is 16.6. The molecule has 0 fully saturated rings. The highest BCUT2D eigenvalue weighted by atomic mass is 79.9. The molecule has 3 rings (SSSR count). The van der Waals surface area contributed by atoms with E-state index in [1.807, 2.05) is 43.3 Å². The summed E-state index contributed by atoms with van der Waals surface area (Å²) in [6.07, 6.45) is 0. The van der Waals surface area contributed by atoms with Crippen LogP contribution in [0.15, 0.2) is 64.3 Å². The van der Waals surface area contributed by atoms with Crippen molar-refractivity contribution in [3.63, 3.8) is 0 Å². The maximum Gasteiger partial charge on any atom is 0.319 e. The van der Waals surface area contributed by atoms with Crippen LogP contribution in [0.25, 0.3) is 0 Å². The lowest BCUT2D eigenvalue weighted by Gasteiger charge is -2.29. The first-order valence-electron chi connectivity index (χ1n) is 8.56. The van der Waals surface area contributed by atoms with Crippen LogP contribution < -0.4 is 20.7 Å². The van der Waals surface area contributed by atoms with Crippen molar-refractivity contribution in [1.29, 1.82) is 0 Å². The summed E-state index contributed by atoms with van der Waals surface area (Å²) in [7, 11) is 0. The molecule has 7 heteroatoms. The smallest absolute Gasteiger partial charge is 0.319 e. The van der Waals surface area contributed by atoms with Crippen LogP contribution in [0.3, 0.4) is 0 Å². The van der Waals surface area contributed by atoms with Gasteiger partial charge in [-0.25, -0.2) is 4.79 Å². The number of halogens is 1. The number of benzene rings is 2. The molecule has 1 heterocycles. The third-order valence-corrected chi connectivity index (χ3v) is 4.67. The predicted octanol–water partition coefficient (Wildman–Crippen LogP) is 4.11. The number of urea groups is 1. The van der Waals surface area contributed by atoms with Crippen molar-refractivity contribution in [3.05, 3.63) is 69.8 Å². The van der Waals surface area contributed by atoms with E-state index in [0.717, 1.165) is 10.0 Å². The fraction of sp³-hybridized carbons (Fsp3) is 0.200. The molecule has 1 aliphatic heterocycles. The number of carbonyl (C=O) groups is 2. The molecule has 1 aliphatic rings. The van der Waals surface area contributed by atoms with Crippen LogP contribution in [0.4, 0.5) is 10.5 Å². The van der Waals surface area contributed by atoms with Crippen molar-refractivity contribution >= 4 is 33.6 Å². The van der Waals surface area contributed by atoms with Crippen LogP contribution in [-0.4, -0.2) is 18.5 Å². The first kappa shape index (κ1) is 19.0. The molecule has 0 unspecified atom stereocenters. The van der Waals surface area contributed by atoms with Gasteiger partial charge in [-0.2, -0.15) is 0 Å². The van der Waals surface area contributed by atoms with Crippen LogP contribution in [0.5, 0.6) is 5.75 Å². The second kappa shape index (κ2) is 8.26. The summed E-state index contributed by atoms with van der Waals surface area (Å²) in [5.41, 5.74) is 2.33. The molecule has 27 heavy (non-hydrogen) atoms. The zero-order valence-electron chi connectivity index (χ0n) is 15.0. The summed E-state index contributed by atoms with van der Waals surface area (Å²) in [6, 6.07) is 13.7. The second-order valence-electron chi connectivity index (χ2n) is 6.00. The Bertz CT molecular complexity index is 894. The molecule has 2 aromatic rings. The van der Waals surface area contributed by atoms with Gasteiger partial charge < -0.3 is 20.7 Å². The Labute approximate surface area is 166 Å². The average molecular weight is 430 g/mol. The van der Waals surface area contributed by atoms with E-state index in [4.69, 9.17) is 4.74 Å². The third kappa shape index (κ3) is 4.31. The summed E-state index contributed by atoms with van der Waals surface area (Å²) in [5, 5.41) is 8.39. The standard InChI is InChI=1S/C20H20BrN3O3/c1-3-27-16-7-5-4-6-15(16)18-17(12(2)22-20(26)24-18)19(25)23-14-10-8-13(21)9-11-14/h4-11,18H,3H2,1-2H3,(H,23,25)(H2,22,24,26)/t18-/m0/s1. The summed E-state index contributed by atoms with van der Waals surface area (Å²) in [6.45, 7) is 4.09. The number of hydrogen-bond donors (Lipinski definition) is 3. The van der Waals surface area contributed by atoms with Gasteiger partial charge in [0.05, 0.1) is 18.2 Å². The van der Waals surface area contributed by atoms with Gasteiger partial charge in [0.15, 0.2) is 0 Å². The van der Waals surface area contributed by atoms with E-state index in [2.05, 4.69) is 31.9 Å². The third-order valence-electron chi connectivity index (χ3n) is 4.15. The number of amides is 3. The number of rotatable bonds is 5. The van der Waals surface area contributed by atoms with Gasteiger partial charge in [0, 0.05) is 21.4 Å². The summed E-state index contributed by atoms with van der Waals surface area (Å²) in [4.78, 5) is 25.1. The van der Waals surface area contributed by atoms with Gasteiger partial charge in [0.25, 0.3) is 5.91 Å². The Kier molecular flexibility index (Phi) is 5.81. The number of ether oxygens (including phenoxy) is 1. The Balaban J connectivity index is 1.97. The molecule has 0 bridgehead atoms. The van der Waals surface area contributed by atoms with Crippen molar-refractivity contribution in [2.45, 2.75) is 19.9 Å². The van der Waals surface area contributed by atoms with E-state index in [-0.39, 0.29) is 11.9 Å². The molecule has 0 aliphatic carbocycles. The van der Waals surface area contributed by atoms with Gasteiger partial charge in [-0.3, -0.25) is 4.79 Å². The van der Waals surface area contributed by atoms with Gasteiger partial charge in [-0.05, 0) is 44.2 Å². The average Bonchev–Trinajstić information content (AvgIpc) is 2.63. The monoisotopic (exact) mass is 429 g/mol. The van der Waals surface area contributed by atoms with Crippen LogP contribution in [0, 0.1) is 0 Å². The van der Waals surface area contributed by atoms with E-state index in [1.54, 1.807) is 19.1 Å². The van der Waals surface area contributed by atoms with Gasteiger partial charge in [0.1, 0.15) is 5.75 Å². The lowest BCUT2D eigenvalue weighted by atomic mass is 9.94. The molecule has 0 spiro atoms. The van der Waals surface area contributed by atoms with Crippen molar-refractivity contribution in [2.24, 2.45) is 0 Å². The van der Waals surface area contributed by atoms with Crippen molar-refractivity contribution < 1.29 is 14.3 Å². The number of carbonyl (C=O) groups excluding carboxylic acids is 2. The van der Waals surface area contributed by atoms with Crippen molar-refractivity contribution in [1.82, 2.24) is 10.6 Å². The van der Waals surface area contributed by atoms with E-state index in [9.17, 15) is 9.59 Å². The fourth-order valence-electron chi connectivity index (χ4n) is 2.97. The van der Waals surface area contributed by atoms with E-state index in [0.29, 0.717) is 29.3 Å². The molecule has 0 saturated carbocycles. The van der Waals surface area contributed by atoms with Crippen LogP contribution in [0.1, 0.15) is 25.5 Å². The molecule has 0 aromatic heterocycles. The maximum atomic E-state index is 13.0. The molecule has 3 amide bonds. The first-order chi connectivity index (χ1) is 13.0. The molecular formula is C20H20BrN3O3. The van der Waals surface area contributed by atoms with Gasteiger partial charge in [-0.15, -0.1) is 0 Å². The number of allylic oxidation sites excluding steroid dienone is 1. The molecule has 140 valence electrons. The summed E-state index contributed by atoms with van der Waals surface area (Å²) in [5.74, 6) is 0.340. The van der Waals surface area contributed by atoms with Gasteiger partial charge in [0.2, 0.25) is 0 Å². The van der Waals surface area contributed by atoms with Gasteiger partial charge in [-0.1, -0.05) is 34.1 Å². The molecule has 2 aromatic carbocycles. The lowest BCUT2D eigenvalue weighted by molar-refractivity contribution is -0.113. The molecule has 6 nitrogen and oxygen atoms in total. The molecule has 3 N–H and O–H groups in total. The number of hydrogen-bond acceptors (Lipinski definition) is 3. The number of nitrogens with one attached hydrogen (secondary N) is 3. The first-order valence-corrected chi connectivity index (χ1v) is 9.35. The van der Waals surface area contributed by atoms with E-state index < -0.39 is 6.04 Å². The summed E-state index contributed by atoms with van der Waals surface area (Å²) >= 11 is 3.37. The van der Waals surface area contributed by atoms with Gasteiger partial charge >= 0.3 is 6.03 Å². The Morgan fingerprint density at radius 2 is 1.89 bits per heavy atom. The summed E-state index contributed by atoms with van der Waals surface area (Å²) < 4.78 is 6.61. The number of anilines is 1. The largest absolute Gasteiger partial charge is 0.494 e. The predicted molar refractivity (Wildman–Crippen MR) is 107 cm³/mol. The fourth-order valence-corrected chi connectivity index (χ4v) is 3.23. The van der Waals surface area contributed by atoms with E-state index >= 15 is 0 Å². The quantitative estimate of drug-likeness (QED) is 0.668. The molecule has 1 atom stereocenters. The topological polar surface area (TPSA) is 79.5 Å². The molecule has 0 saturated heterocycles. The molecular weight excluding hydrogens is 410 g/mol. The Hall–Kier alpha value is -2.80. The minimum Gasteiger partial charge on any atom is -0.494 e. The Morgan fingerprint density at radius 3 is 2.59 bits per heavy atom.